The predicted octanol–water partition coefficient (Wildman–Crippen LogP) is 2.01. The van der Waals surface area contributed by atoms with E-state index in [-0.39, 0.29) is 17.8 Å². The van der Waals surface area contributed by atoms with Crippen LogP contribution >= 0.6 is 0 Å². The maximum atomic E-state index is 12.0. The number of methoxy groups -OCH3 is 1. The van der Waals surface area contributed by atoms with E-state index in [0.717, 1.165) is 5.76 Å². The maximum Gasteiger partial charge on any atom is 0.308 e. The number of hydrogen-bond donors (Lipinski definition) is 0. The van der Waals surface area contributed by atoms with Crippen LogP contribution in [0.2, 0.25) is 0 Å². The zero-order valence-corrected chi connectivity index (χ0v) is 11.8. The summed E-state index contributed by atoms with van der Waals surface area (Å²) >= 11 is 0. The quantitative estimate of drug-likeness (QED) is 0.626. The van der Waals surface area contributed by atoms with Crippen molar-refractivity contribution in [2.75, 3.05) is 20.2 Å². The molecule has 1 aromatic rings. The molecule has 0 bridgehead atoms. The number of likely N-dealkylation sites (tertiary alicyclic amines) is 1. The number of piperidine rings is 1. The molecule has 20 heavy (non-hydrogen) atoms. The molecule has 1 aliphatic heterocycles. The molecule has 5 nitrogen and oxygen atoms in total. The summed E-state index contributed by atoms with van der Waals surface area (Å²) < 4.78 is 10.1. The molecule has 0 aliphatic carbocycles. The second kappa shape index (κ2) is 6.41. The normalized spacial score (nSPS) is 16.6. The number of ether oxygens (including phenoxy) is 1. The van der Waals surface area contributed by atoms with Gasteiger partial charge < -0.3 is 14.1 Å². The predicted molar refractivity (Wildman–Crippen MR) is 73.8 cm³/mol. The average Bonchev–Trinajstić information content (AvgIpc) is 2.89. The highest BCUT2D eigenvalue weighted by atomic mass is 16.5. The number of rotatable bonds is 3. The van der Waals surface area contributed by atoms with E-state index >= 15 is 0 Å². The Balaban J connectivity index is 1.86. The minimum atomic E-state index is -0.182. The van der Waals surface area contributed by atoms with E-state index in [9.17, 15) is 9.59 Å². The molecule has 0 saturated carbocycles. The standard InChI is InChI=1S/C15H19NO4/c1-11-3-4-13(20-11)5-6-14(17)16-9-7-12(8-10-16)15(18)19-2/h3-6,12H,7-10H2,1-2H3/b6-5+. The van der Waals surface area contributed by atoms with Crippen molar-refractivity contribution < 1.29 is 18.7 Å². The van der Waals surface area contributed by atoms with Crippen LogP contribution in [0.4, 0.5) is 0 Å². The SMILES string of the molecule is COC(=O)C1CCN(C(=O)/C=C/c2ccc(C)o2)CC1. The molecule has 1 saturated heterocycles. The minimum Gasteiger partial charge on any atom is -0.469 e. The third-order valence-electron chi connectivity index (χ3n) is 3.49. The lowest BCUT2D eigenvalue weighted by Crippen LogP contribution is -2.39. The van der Waals surface area contributed by atoms with Gasteiger partial charge in [-0.2, -0.15) is 0 Å². The topological polar surface area (TPSA) is 59.8 Å². The number of esters is 1. The second-order valence-corrected chi connectivity index (χ2v) is 4.90. The van der Waals surface area contributed by atoms with Gasteiger partial charge in [0.2, 0.25) is 5.91 Å². The zero-order chi connectivity index (χ0) is 14.5. The highest BCUT2D eigenvalue weighted by molar-refractivity contribution is 5.91. The first-order chi connectivity index (χ1) is 9.60. The van der Waals surface area contributed by atoms with E-state index in [0.29, 0.717) is 31.7 Å². The van der Waals surface area contributed by atoms with Crippen LogP contribution in [0.15, 0.2) is 22.6 Å². The molecule has 1 amide bonds. The van der Waals surface area contributed by atoms with E-state index in [1.165, 1.54) is 13.2 Å². The molecule has 2 heterocycles. The third kappa shape index (κ3) is 3.50. The fourth-order valence-corrected chi connectivity index (χ4v) is 2.30. The lowest BCUT2D eigenvalue weighted by molar-refractivity contribution is -0.148. The van der Waals surface area contributed by atoms with Crippen molar-refractivity contribution in [3.8, 4) is 0 Å². The fraction of sp³-hybridized carbons (Fsp3) is 0.467. The Labute approximate surface area is 118 Å². The van der Waals surface area contributed by atoms with Crippen molar-refractivity contribution in [1.29, 1.82) is 0 Å². The maximum absolute atomic E-state index is 12.0. The molecule has 0 N–H and O–H groups in total. The van der Waals surface area contributed by atoms with E-state index in [1.807, 2.05) is 19.1 Å². The van der Waals surface area contributed by atoms with Crippen molar-refractivity contribution in [1.82, 2.24) is 4.90 Å². The van der Waals surface area contributed by atoms with Crippen LogP contribution < -0.4 is 0 Å². The van der Waals surface area contributed by atoms with Crippen LogP contribution in [-0.2, 0) is 14.3 Å². The Hall–Kier alpha value is -2.04. The van der Waals surface area contributed by atoms with Gasteiger partial charge >= 0.3 is 5.97 Å². The van der Waals surface area contributed by atoms with Gasteiger partial charge in [-0.15, -0.1) is 0 Å². The summed E-state index contributed by atoms with van der Waals surface area (Å²) in [5, 5.41) is 0. The van der Waals surface area contributed by atoms with Crippen LogP contribution in [0.25, 0.3) is 6.08 Å². The first kappa shape index (κ1) is 14.4. The van der Waals surface area contributed by atoms with Gasteiger partial charge in [-0.05, 0) is 38.0 Å². The number of aryl methyl sites for hydroxylation is 1. The molecule has 108 valence electrons. The van der Waals surface area contributed by atoms with E-state index in [4.69, 9.17) is 9.15 Å². The molecular formula is C15H19NO4. The van der Waals surface area contributed by atoms with Crippen LogP contribution in [0, 0.1) is 12.8 Å². The lowest BCUT2D eigenvalue weighted by atomic mass is 9.97. The van der Waals surface area contributed by atoms with Gasteiger partial charge in [-0.1, -0.05) is 0 Å². The summed E-state index contributed by atoms with van der Waals surface area (Å²) in [6.07, 6.45) is 4.50. The van der Waals surface area contributed by atoms with Gasteiger partial charge in [0, 0.05) is 19.2 Å². The van der Waals surface area contributed by atoms with E-state index < -0.39 is 0 Å². The van der Waals surface area contributed by atoms with Crippen LogP contribution in [0.3, 0.4) is 0 Å². The first-order valence-corrected chi connectivity index (χ1v) is 6.71. The Kier molecular flexibility index (Phi) is 4.61. The highest BCUT2D eigenvalue weighted by Crippen LogP contribution is 2.19. The summed E-state index contributed by atoms with van der Waals surface area (Å²) in [5.41, 5.74) is 0. The Morgan fingerprint density at radius 2 is 2.05 bits per heavy atom. The minimum absolute atomic E-state index is 0.0534. The third-order valence-corrected chi connectivity index (χ3v) is 3.49. The zero-order valence-electron chi connectivity index (χ0n) is 11.8. The number of carbonyl (C=O) groups is 2. The Morgan fingerprint density at radius 1 is 1.35 bits per heavy atom. The van der Waals surface area contributed by atoms with Crippen molar-refractivity contribution in [2.24, 2.45) is 5.92 Å². The van der Waals surface area contributed by atoms with Gasteiger partial charge in [0.1, 0.15) is 11.5 Å². The van der Waals surface area contributed by atoms with Gasteiger partial charge in [0.25, 0.3) is 0 Å². The van der Waals surface area contributed by atoms with Crippen LogP contribution in [0.5, 0.6) is 0 Å². The summed E-state index contributed by atoms with van der Waals surface area (Å²) in [6, 6.07) is 3.68. The first-order valence-electron chi connectivity index (χ1n) is 6.71. The lowest BCUT2D eigenvalue weighted by Gasteiger charge is -2.29. The van der Waals surface area contributed by atoms with Gasteiger partial charge in [-0.25, -0.2) is 0 Å². The molecule has 0 spiro atoms. The van der Waals surface area contributed by atoms with E-state index in [2.05, 4.69) is 0 Å². The smallest absolute Gasteiger partial charge is 0.308 e. The molecule has 5 heteroatoms. The summed E-state index contributed by atoms with van der Waals surface area (Å²) in [5.74, 6) is 1.16. The number of amides is 1. The number of furan rings is 1. The fourth-order valence-electron chi connectivity index (χ4n) is 2.30. The molecule has 0 radical (unpaired) electrons. The molecular weight excluding hydrogens is 258 g/mol. The molecule has 0 unspecified atom stereocenters. The second-order valence-electron chi connectivity index (χ2n) is 4.90. The Bertz CT molecular complexity index is 510. The number of nitrogens with zero attached hydrogens (tertiary/aromatic N) is 1. The molecule has 1 aromatic heterocycles. The van der Waals surface area contributed by atoms with Gasteiger partial charge in [0.05, 0.1) is 13.0 Å². The largest absolute Gasteiger partial charge is 0.469 e. The van der Waals surface area contributed by atoms with Crippen molar-refractivity contribution in [3.05, 3.63) is 29.7 Å². The summed E-state index contributed by atoms with van der Waals surface area (Å²) in [4.78, 5) is 25.2. The van der Waals surface area contributed by atoms with Crippen molar-refractivity contribution in [2.45, 2.75) is 19.8 Å². The molecule has 1 fully saturated rings. The molecule has 1 aliphatic rings. The van der Waals surface area contributed by atoms with Crippen LogP contribution in [-0.4, -0.2) is 37.0 Å². The summed E-state index contributed by atoms with van der Waals surface area (Å²) in [7, 11) is 1.40. The van der Waals surface area contributed by atoms with Crippen LogP contribution in [0.1, 0.15) is 24.4 Å². The van der Waals surface area contributed by atoms with Crippen molar-refractivity contribution >= 4 is 18.0 Å². The van der Waals surface area contributed by atoms with E-state index in [1.54, 1.807) is 11.0 Å². The molecule has 0 atom stereocenters. The molecule has 2 rings (SSSR count). The Morgan fingerprint density at radius 3 is 2.60 bits per heavy atom. The van der Waals surface area contributed by atoms with Crippen molar-refractivity contribution in [3.63, 3.8) is 0 Å². The average molecular weight is 277 g/mol. The molecule has 0 aromatic carbocycles. The number of carbonyl (C=O) groups excluding carboxylic acids is 2. The van der Waals surface area contributed by atoms with Gasteiger partial charge in [0.15, 0.2) is 0 Å². The van der Waals surface area contributed by atoms with Gasteiger partial charge in [-0.3, -0.25) is 9.59 Å². The monoisotopic (exact) mass is 277 g/mol. The highest BCUT2D eigenvalue weighted by Gasteiger charge is 2.26. The summed E-state index contributed by atoms with van der Waals surface area (Å²) in [6.45, 7) is 3.02. The number of hydrogen-bond acceptors (Lipinski definition) is 4.